The zero-order valence-electron chi connectivity index (χ0n) is 11.2. The topological polar surface area (TPSA) is 17.8 Å². The molecule has 1 saturated carbocycles. The van der Waals surface area contributed by atoms with Gasteiger partial charge in [-0.2, -0.15) is 0 Å². The van der Waals surface area contributed by atoms with E-state index in [9.17, 15) is 8.78 Å². The molecule has 0 saturated heterocycles. The number of halogens is 2. The van der Waals surface area contributed by atoms with Crippen LogP contribution < -0.4 is 0 Å². The van der Waals surface area contributed by atoms with Gasteiger partial charge in [0.1, 0.15) is 0 Å². The highest BCUT2D eigenvalue weighted by Gasteiger charge is 2.26. The van der Waals surface area contributed by atoms with E-state index < -0.39 is 11.6 Å². The molecule has 1 aliphatic rings. The molecule has 0 radical (unpaired) electrons. The molecule has 0 spiro atoms. The third-order valence-corrected chi connectivity index (χ3v) is 4.16. The number of nitrogens with zero attached hydrogens (tertiary/aromatic N) is 2. The van der Waals surface area contributed by atoms with Crippen LogP contribution in [0.1, 0.15) is 39.2 Å². The largest absolute Gasteiger partial charge is 0.327 e. The minimum atomic E-state index is -0.830. The average molecular weight is 264 g/mol. The van der Waals surface area contributed by atoms with Crippen LogP contribution in [0, 0.1) is 23.5 Å². The highest BCUT2D eigenvalue weighted by atomic mass is 19.2. The standard InChI is InChI=1S/C15H18F2N2/c1-9-3-10(2)5-11(4-9)19-8-18-14-6-12(16)13(17)7-15(14)19/h6-11H,3-5H2,1-2H3. The third kappa shape index (κ3) is 2.24. The molecule has 3 rings (SSSR count). The van der Waals surface area contributed by atoms with E-state index in [4.69, 9.17) is 0 Å². The van der Waals surface area contributed by atoms with Gasteiger partial charge < -0.3 is 4.57 Å². The van der Waals surface area contributed by atoms with E-state index in [-0.39, 0.29) is 0 Å². The summed E-state index contributed by atoms with van der Waals surface area (Å²) in [5, 5.41) is 0. The predicted octanol–water partition coefficient (Wildman–Crippen LogP) is 4.31. The molecule has 2 unspecified atom stereocenters. The molecule has 0 amide bonds. The van der Waals surface area contributed by atoms with E-state index in [2.05, 4.69) is 18.8 Å². The van der Waals surface area contributed by atoms with Crippen LogP contribution in [-0.4, -0.2) is 9.55 Å². The van der Waals surface area contributed by atoms with Crippen molar-refractivity contribution in [2.75, 3.05) is 0 Å². The Kier molecular flexibility index (Phi) is 3.03. The minimum Gasteiger partial charge on any atom is -0.327 e. The number of hydrogen-bond donors (Lipinski definition) is 0. The van der Waals surface area contributed by atoms with Crippen molar-refractivity contribution in [2.24, 2.45) is 11.8 Å². The van der Waals surface area contributed by atoms with E-state index >= 15 is 0 Å². The number of rotatable bonds is 1. The Morgan fingerprint density at radius 2 is 1.68 bits per heavy atom. The molecule has 1 heterocycles. The molecule has 2 nitrogen and oxygen atoms in total. The second kappa shape index (κ2) is 4.58. The summed E-state index contributed by atoms with van der Waals surface area (Å²) in [6.07, 6.45) is 5.12. The Labute approximate surface area is 111 Å². The van der Waals surface area contributed by atoms with E-state index in [1.54, 1.807) is 6.33 Å². The maximum atomic E-state index is 13.4. The van der Waals surface area contributed by atoms with Gasteiger partial charge in [0.2, 0.25) is 0 Å². The zero-order chi connectivity index (χ0) is 13.6. The van der Waals surface area contributed by atoms with Crippen LogP contribution >= 0.6 is 0 Å². The maximum absolute atomic E-state index is 13.4. The summed E-state index contributed by atoms with van der Waals surface area (Å²) in [5.41, 5.74) is 1.23. The normalized spacial score (nSPS) is 27.9. The summed E-state index contributed by atoms with van der Waals surface area (Å²) >= 11 is 0. The first-order valence-electron chi connectivity index (χ1n) is 6.86. The SMILES string of the molecule is CC1CC(C)CC(n2cnc3cc(F)c(F)cc32)C1. The molecule has 0 N–H and O–H groups in total. The van der Waals surface area contributed by atoms with Gasteiger partial charge in [0, 0.05) is 18.2 Å². The highest BCUT2D eigenvalue weighted by Crippen LogP contribution is 2.37. The fourth-order valence-corrected chi connectivity index (χ4v) is 3.45. The van der Waals surface area contributed by atoms with E-state index in [0.717, 1.165) is 12.8 Å². The molecule has 2 atom stereocenters. The smallest absolute Gasteiger partial charge is 0.161 e. The molecule has 19 heavy (non-hydrogen) atoms. The molecule has 4 heteroatoms. The number of hydrogen-bond acceptors (Lipinski definition) is 1. The Morgan fingerprint density at radius 3 is 2.37 bits per heavy atom. The molecule has 0 bridgehead atoms. The summed E-state index contributed by atoms with van der Waals surface area (Å²) in [6.45, 7) is 4.50. The molecule has 1 fully saturated rings. The second-order valence-electron chi connectivity index (χ2n) is 5.98. The summed E-state index contributed by atoms with van der Waals surface area (Å²) in [5.74, 6) is -0.303. The summed E-state index contributed by atoms with van der Waals surface area (Å²) in [6, 6.07) is 2.78. The van der Waals surface area contributed by atoms with Crippen molar-refractivity contribution in [3.05, 3.63) is 30.1 Å². The van der Waals surface area contributed by atoms with Crippen LogP contribution in [0.15, 0.2) is 18.5 Å². The second-order valence-corrected chi connectivity index (χ2v) is 5.98. The average Bonchev–Trinajstić information content (AvgIpc) is 2.71. The minimum absolute atomic E-state index is 0.341. The Morgan fingerprint density at radius 1 is 1.05 bits per heavy atom. The van der Waals surface area contributed by atoms with Gasteiger partial charge in [0.05, 0.1) is 17.4 Å². The Hall–Kier alpha value is -1.45. The Balaban J connectivity index is 2.03. The van der Waals surface area contributed by atoms with Crippen LogP contribution in [0.4, 0.5) is 8.78 Å². The first kappa shape index (κ1) is 12.6. The van der Waals surface area contributed by atoms with Crippen molar-refractivity contribution >= 4 is 11.0 Å². The van der Waals surface area contributed by atoms with Crippen molar-refractivity contribution < 1.29 is 8.78 Å². The maximum Gasteiger partial charge on any atom is 0.161 e. The van der Waals surface area contributed by atoms with Crippen LogP contribution in [0.3, 0.4) is 0 Å². The molecule has 102 valence electrons. The van der Waals surface area contributed by atoms with Gasteiger partial charge in [0.25, 0.3) is 0 Å². The van der Waals surface area contributed by atoms with Crippen LogP contribution in [0.25, 0.3) is 11.0 Å². The number of benzene rings is 1. The molecular formula is C15H18F2N2. The van der Waals surface area contributed by atoms with E-state index in [1.807, 2.05) is 4.57 Å². The molecule has 0 aliphatic heterocycles. The van der Waals surface area contributed by atoms with Gasteiger partial charge in [-0.1, -0.05) is 13.8 Å². The number of fused-ring (bicyclic) bond motifs is 1. The zero-order valence-corrected chi connectivity index (χ0v) is 11.2. The lowest BCUT2D eigenvalue weighted by molar-refractivity contribution is 0.224. The first-order chi connectivity index (χ1) is 9.04. The molecule has 1 aromatic heterocycles. The summed E-state index contributed by atoms with van der Waals surface area (Å²) in [4.78, 5) is 4.20. The van der Waals surface area contributed by atoms with Gasteiger partial charge in [-0.3, -0.25) is 0 Å². The molecular weight excluding hydrogens is 246 g/mol. The predicted molar refractivity (Wildman–Crippen MR) is 70.9 cm³/mol. The van der Waals surface area contributed by atoms with Crippen LogP contribution in [0.5, 0.6) is 0 Å². The van der Waals surface area contributed by atoms with Gasteiger partial charge in [-0.05, 0) is 31.1 Å². The van der Waals surface area contributed by atoms with Crippen LogP contribution in [-0.2, 0) is 0 Å². The van der Waals surface area contributed by atoms with Gasteiger partial charge in [-0.15, -0.1) is 0 Å². The summed E-state index contributed by atoms with van der Waals surface area (Å²) < 4.78 is 28.6. The fourth-order valence-electron chi connectivity index (χ4n) is 3.45. The highest BCUT2D eigenvalue weighted by molar-refractivity contribution is 5.75. The molecule has 1 aromatic carbocycles. The lowest BCUT2D eigenvalue weighted by Crippen LogP contribution is -2.22. The lowest BCUT2D eigenvalue weighted by Gasteiger charge is -2.32. The van der Waals surface area contributed by atoms with Crippen molar-refractivity contribution in [2.45, 2.75) is 39.2 Å². The number of imidazole rings is 1. The fraction of sp³-hybridized carbons (Fsp3) is 0.533. The number of aromatic nitrogens is 2. The van der Waals surface area contributed by atoms with E-state index in [0.29, 0.717) is 28.9 Å². The third-order valence-electron chi connectivity index (χ3n) is 4.16. The van der Waals surface area contributed by atoms with Gasteiger partial charge >= 0.3 is 0 Å². The van der Waals surface area contributed by atoms with Crippen molar-refractivity contribution in [1.29, 1.82) is 0 Å². The molecule has 1 aliphatic carbocycles. The van der Waals surface area contributed by atoms with Gasteiger partial charge in [0.15, 0.2) is 11.6 Å². The molecule has 2 aromatic rings. The monoisotopic (exact) mass is 264 g/mol. The summed E-state index contributed by atoms with van der Waals surface area (Å²) in [7, 11) is 0. The Bertz CT molecular complexity index is 595. The van der Waals surface area contributed by atoms with E-state index in [1.165, 1.54) is 18.6 Å². The van der Waals surface area contributed by atoms with Crippen molar-refractivity contribution in [3.63, 3.8) is 0 Å². The van der Waals surface area contributed by atoms with Crippen molar-refractivity contribution in [1.82, 2.24) is 9.55 Å². The lowest BCUT2D eigenvalue weighted by atomic mass is 9.80. The van der Waals surface area contributed by atoms with Crippen LogP contribution in [0.2, 0.25) is 0 Å². The van der Waals surface area contributed by atoms with Gasteiger partial charge in [-0.25, -0.2) is 13.8 Å². The van der Waals surface area contributed by atoms with Crippen molar-refractivity contribution in [3.8, 4) is 0 Å². The first-order valence-corrected chi connectivity index (χ1v) is 6.86. The quantitative estimate of drug-likeness (QED) is 0.750.